The summed E-state index contributed by atoms with van der Waals surface area (Å²) in [6.45, 7) is 0.975. The van der Waals surface area contributed by atoms with Gasteiger partial charge in [-0.1, -0.05) is 34.1 Å². The summed E-state index contributed by atoms with van der Waals surface area (Å²) in [5, 5.41) is 0. The predicted molar refractivity (Wildman–Crippen MR) is 106 cm³/mol. The van der Waals surface area contributed by atoms with Gasteiger partial charge in [0, 0.05) is 16.7 Å². The molecule has 2 aromatic carbocycles. The number of nitrogens with zero attached hydrogens (tertiary/aromatic N) is 2. The van der Waals surface area contributed by atoms with Gasteiger partial charge in [0.15, 0.2) is 6.10 Å². The molecular formula is C19H14Br2N2O3. The molecule has 0 bridgehead atoms. The van der Waals surface area contributed by atoms with Gasteiger partial charge in [0.2, 0.25) is 0 Å². The number of halogens is 2. The second kappa shape index (κ2) is 7.25. The number of aromatic nitrogens is 2. The molecular weight excluding hydrogens is 464 g/mol. The van der Waals surface area contributed by atoms with Crippen LogP contribution in [0.5, 0.6) is 11.8 Å². The third-order valence-corrected chi connectivity index (χ3v) is 5.15. The third kappa shape index (κ3) is 3.68. The van der Waals surface area contributed by atoms with Crippen LogP contribution in [0.25, 0.3) is 11.1 Å². The number of fused-ring (bicyclic) bond motifs is 1. The Kier molecular flexibility index (Phi) is 4.82. The fraction of sp³-hybridized carbons (Fsp3) is 0.158. The summed E-state index contributed by atoms with van der Waals surface area (Å²) < 4.78 is 15.3. The Morgan fingerprint density at radius 3 is 2.81 bits per heavy atom. The zero-order chi connectivity index (χ0) is 18.1. The van der Waals surface area contributed by atoms with Gasteiger partial charge in [-0.2, -0.15) is 4.98 Å². The number of hydrogen-bond donors (Lipinski definition) is 0. The molecule has 0 aliphatic carbocycles. The van der Waals surface area contributed by atoms with Crippen LogP contribution in [-0.2, 0) is 6.54 Å². The van der Waals surface area contributed by atoms with Crippen LogP contribution in [0.2, 0.25) is 0 Å². The lowest BCUT2D eigenvalue weighted by molar-refractivity contribution is 0.143. The molecule has 0 spiro atoms. The van der Waals surface area contributed by atoms with Gasteiger partial charge in [-0.3, -0.25) is 9.36 Å². The number of ether oxygens (including phenoxy) is 2. The van der Waals surface area contributed by atoms with E-state index in [4.69, 9.17) is 9.47 Å². The third-order valence-electron chi connectivity index (χ3n) is 4.04. The van der Waals surface area contributed by atoms with Gasteiger partial charge in [-0.25, -0.2) is 0 Å². The van der Waals surface area contributed by atoms with Crippen molar-refractivity contribution >= 4 is 31.9 Å². The lowest BCUT2D eigenvalue weighted by Crippen LogP contribution is -2.23. The van der Waals surface area contributed by atoms with E-state index in [2.05, 4.69) is 49.0 Å². The smallest absolute Gasteiger partial charge is 0.300 e. The van der Waals surface area contributed by atoms with Crippen molar-refractivity contribution in [1.82, 2.24) is 9.55 Å². The van der Waals surface area contributed by atoms with Crippen LogP contribution in [-0.4, -0.2) is 22.3 Å². The fourth-order valence-corrected chi connectivity index (χ4v) is 3.68. The van der Waals surface area contributed by atoms with Crippen LogP contribution < -0.4 is 15.0 Å². The molecule has 0 amide bonds. The molecule has 4 rings (SSSR count). The maximum absolute atomic E-state index is 11.3. The largest absolute Gasteiger partial charge is 0.488 e. The predicted octanol–water partition coefficient (Wildman–Crippen LogP) is 4.28. The van der Waals surface area contributed by atoms with E-state index >= 15 is 0 Å². The van der Waals surface area contributed by atoms with Crippen LogP contribution in [0.3, 0.4) is 0 Å². The topological polar surface area (TPSA) is 53.4 Å². The Bertz CT molecular complexity index is 1020. The molecule has 1 aliphatic heterocycles. The standard InChI is InChI=1S/C19H14Br2N2O3/c20-14-3-1-2-12(8-14)13-4-5-17(16(21)9-13)25-11-15-10-23-7-6-18(24)22-19(23)26-15/h1-9,15H,10-11H2. The first kappa shape index (κ1) is 17.3. The van der Waals surface area contributed by atoms with Crippen molar-refractivity contribution in [3.8, 4) is 22.9 Å². The molecule has 26 heavy (non-hydrogen) atoms. The zero-order valence-corrected chi connectivity index (χ0v) is 16.7. The van der Waals surface area contributed by atoms with Crippen LogP contribution in [0.15, 0.2) is 68.5 Å². The van der Waals surface area contributed by atoms with Crippen molar-refractivity contribution in [3.63, 3.8) is 0 Å². The molecule has 1 aromatic heterocycles. The molecule has 3 aromatic rings. The SMILES string of the molecule is O=c1ccn2c(n1)OC(COc1ccc(-c3cccc(Br)c3)cc1Br)C2. The maximum Gasteiger partial charge on any atom is 0.300 e. The fourth-order valence-electron chi connectivity index (χ4n) is 2.79. The van der Waals surface area contributed by atoms with Crippen LogP contribution in [0, 0.1) is 0 Å². The Balaban J connectivity index is 1.44. The lowest BCUT2D eigenvalue weighted by atomic mass is 10.1. The van der Waals surface area contributed by atoms with Crippen LogP contribution >= 0.6 is 31.9 Å². The molecule has 1 aliphatic rings. The van der Waals surface area contributed by atoms with Gasteiger partial charge in [0.1, 0.15) is 12.4 Å². The molecule has 7 heteroatoms. The summed E-state index contributed by atoms with van der Waals surface area (Å²) in [4.78, 5) is 15.1. The highest BCUT2D eigenvalue weighted by Gasteiger charge is 2.24. The van der Waals surface area contributed by atoms with Gasteiger partial charge in [-0.05, 0) is 51.3 Å². The van der Waals surface area contributed by atoms with Gasteiger partial charge in [0.25, 0.3) is 11.6 Å². The van der Waals surface area contributed by atoms with E-state index in [0.717, 1.165) is 25.8 Å². The Labute approximate surface area is 166 Å². The first-order valence-electron chi connectivity index (χ1n) is 8.01. The molecule has 0 saturated heterocycles. The zero-order valence-electron chi connectivity index (χ0n) is 13.6. The van der Waals surface area contributed by atoms with Gasteiger partial charge in [0.05, 0.1) is 11.0 Å². The van der Waals surface area contributed by atoms with Crippen LogP contribution in [0.1, 0.15) is 0 Å². The quantitative estimate of drug-likeness (QED) is 0.562. The Morgan fingerprint density at radius 2 is 2.00 bits per heavy atom. The van der Waals surface area contributed by atoms with E-state index < -0.39 is 0 Å². The highest BCUT2D eigenvalue weighted by atomic mass is 79.9. The number of hydrogen-bond acceptors (Lipinski definition) is 4. The summed E-state index contributed by atoms with van der Waals surface area (Å²) in [7, 11) is 0. The van der Waals surface area contributed by atoms with Crippen LogP contribution in [0.4, 0.5) is 0 Å². The van der Waals surface area contributed by atoms with Gasteiger partial charge < -0.3 is 9.47 Å². The summed E-state index contributed by atoms with van der Waals surface area (Å²) in [6.07, 6.45) is 1.51. The summed E-state index contributed by atoms with van der Waals surface area (Å²) in [5.74, 6) is 0.741. The van der Waals surface area contributed by atoms with E-state index in [9.17, 15) is 4.79 Å². The van der Waals surface area contributed by atoms with Crippen molar-refractivity contribution < 1.29 is 9.47 Å². The minimum Gasteiger partial charge on any atom is -0.488 e. The maximum atomic E-state index is 11.3. The first-order chi connectivity index (χ1) is 12.6. The van der Waals surface area contributed by atoms with E-state index in [0.29, 0.717) is 19.2 Å². The molecule has 0 N–H and O–H groups in total. The Morgan fingerprint density at radius 1 is 1.15 bits per heavy atom. The molecule has 0 saturated carbocycles. The average molecular weight is 478 g/mol. The highest BCUT2D eigenvalue weighted by Crippen LogP contribution is 2.32. The van der Waals surface area contributed by atoms with Gasteiger partial charge >= 0.3 is 0 Å². The minimum absolute atomic E-state index is 0.180. The Hall–Kier alpha value is -2.12. The van der Waals surface area contributed by atoms with Crippen molar-refractivity contribution in [1.29, 1.82) is 0 Å². The number of rotatable bonds is 4. The molecule has 0 radical (unpaired) electrons. The van der Waals surface area contributed by atoms with E-state index in [1.165, 1.54) is 6.07 Å². The lowest BCUT2D eigenvalue weighted by Gasteiger charge is -2.13. The van der Waals surface area contributed by atoms with E-state index in [1.807, 2.05) is 30.3 Å². The molecule has 5 nitrogen and oxygen atoms in total. The summed E-state index contributed by atoms with van der Waals surface area (Å²) in [6, 6.07) is 15.9. The van der Waals surface area contributed by atoms with E-state index in [-0.39, 0.29) is 11.7 Å². The average Bonchev–Trinajstić information content (AvgIpc) is 3.02. The van der Waals surface area contributed by atoms with Crippen molar-refractivity contribution in [2.75, 3.05) is 6.61 Å². The highest BCUT2D eigenvalue weighted by molar-refractivity contribution is 9.10. The van der Waals surface area contributed by atoms with Crippen molar-refractivity contribution in [2.24, 2.45) is 0 Å². The normalized spacial score (nSPS) is 15.4. The van der Waals surface area contributed by atoms with Gasteiger partial charge in [-0.15, -0.1) is 0 Å². The van der Waals surface area contributed by atoms with Crippen molar-refractivity contribution in [2.45, 2.75) is 12.6 Å². The molecule has 2 heterocycles. The summed E-state index contributed by atoms with van der Waals surface area (Å²) in [5.41, 5.74) is 1.92. The molecule has 1 unspecified atom stereocenters. The molecule has 0 fully saturated rings. The first-order valence-corrected chi connectivity index (χ1v) is 9.59. The van der Waals surface area contributed by atoms with Crippen molar-refractivity contribution in [3.05, 3.63) is 74.0 Å². The van der Waals surface area contributed by atoms with E-state index in [1.54, 1.807) is 10.8 Å². The second-order valence-electron chi connectivity index (χ2n) is 5.91. The summed E-state index contributed by atoms with van der Waals surface area (Å²) >= 11 is 7.07. The monoisotopic (exact) mass is 476 g/mol. The minimum atomic E-state index is -0.302. The molecule has 1 atom stereocenters. The molecule has 132 valence electrons. The number of benzene rings is 2. The second-order valence-corrected chi connectivity index (χ2v) is 7.68.